The number of hydrogen-bond donors (Lipinski definition) is 0. The number of benzene rings is 11. The van der Waals surface area contributed by atoms with Crippen molar-refractivity contribution in [1.29, 1.82) is 0 Å². The van der Waals surface area contributed by atoms with Crippen molar-refractivity contribution >= 4 is 58.4 Å². The maximum absolute atomic E-state index is 2.51. The molecule has 0 N–H and O–H groups in total. The molecule has 0 saturated heterocycles. The molecule has 85 heavy (non-hydrogen) atoms. The second kappa shape index (κ2) is 19.8. The van der Waals surface area contributed by atoms with E-state index in [4.69, 9.17) is 0 Å². The number of hydrogen-bond acceptors (Lipinski definition) is 2. The van der Waals surface area contributed by atoms with Gasteiger partial charge in [0.15, 0.2) is 0 Å². The first-order valence-electron chi connectivity index (χ1n) is 30.4. The number of nitrogens with zero attached hydrogens (tertiary/aromatic N) is 2. The zero-order valence-corrected chi connectivity index (χ0v) is 50.1. The third-order valence-electron chi connectivity index (χ3n) is 19.5. The fourth-order valence-electron chi connectivity index (χ4n) is 14.8. The van der Waals surface area contributed by atoms with E-state index in [-0.39, 0.29) is 16.2 Å². The van der Waals surface area contributed by atoms with Crippen molar-refractivity contribution in [3.8, 4) is 33.4 Å². The van der Waals surface area contributed by atoms with Crippen LogP contribution >= 0.6 is 0 Å². The van der Waals surface area contributed by atoms with Crippen LogP contribution in [0.1, 0.15) is 117 Å². The molecule has 0 heterocycles. The highest BCUT2D eigenvalue weighted by Crippen LogP contribution is 2.57. The molecule has 0 amide bonds. The highest BCUT2D eigenvalue weighted by Gasteiger charge is 2.47. The summed E-state index contributed by atoms with van der Waals surface area (Å²) in [4.78, 5) is 4.79. The molecule has 2 nitrogen and oxygen atoms in total. The SMILES string of the molecule is Cc1ccc(N(c2ccc(C)cc2)c2ccc3c(c2)C(C)(C)c2cc(/C=C/c4ccc5c(c4)C4(Cc6ccccc6C4)c4cc(/C=C/c6ccc7c(c6)C(C)(C)c6cc(N(c8ccc(C)cc8)c8ccc(C)cc8)ccc6-7)ccc4-5)ccc2-3)cc1. The van der Waals surface area contributed by atoms with Crippen LogP contribution in [0.2, 0.25) is 0 Å². The van der Waals surface area contributed by atoms with Gasteiger partial charge >= 0.3 is 0 Å². The minimum atomic E-state index is -0.182. The van der Waals surface area contributed by atoms with Gasteiger partial charge in [0.1, 0.15) is 0 Å². The first kappa shape index (κ1) is 52.3. The lowest BCUT2D eigenvalue weighted by Gasteiger charge is -2.28. The molecule has 0 unspecified atom stereocenters. The zero-order valence-electron chi connectivity index (χ0n) is 50.1. The molecular formula is C83H70N2. The van der Waals surface area contributed by atoms with Crippen LogP contribution in [0.25, 0.3) is 57.7 Å². The lowest BCUT2D eigenvalue weighted by atomic mass is 9.75. The van der Waals surface area contributed by atoms with Gasteiger partial charge in [-0.3, -0.25) is 0 Å². The summed E-state index contributed by atoms with van der Waals surface area (Å²) < 4.78 is 0. The average Bonchev–Trinajstić information content (AvgIpc) is 1.61. The topological polar surface area (TPSA) is 6.48 Å². The molecule has 412 valence electrons. The molecule has 0 fully saturated rings. The summed E-state index contributed by atoms with van der Waals surface area (Å²) >= 11 is 0. The van der Waals surface area contributed by atoms with Crippen LogP contribution in [0.15, 0.2) is 231 Å². The third kappa shape index (κ3) is 8.75. The Balaban J connectivity index is 0.709. The largest absolute Gasteiger partial charge is 0.310 e. The van der Waals surface area contributed by atoms with Crippen molar-refractivity contribution in [2.24, 2.45) is 0 Å². The summed E-state index contributed by atoms with van der Waals surface area (Å²) in [5.41, 5.74) is 35.7. The van der Waals surface area contributed by atoms with Gasteiger partial charge in [-0.2, -0.15) is 0 Å². The monoisotopic (exact) mass is 1090 g/mol. The highest BCUT2D eigenvalue weighted by molar-refractivity contribution is 5.91. The summed E-state index contributed by atoms with van der Waals surface area (Å²) in [6, 6.07) is 87.5. The van der Waals surface area contributed by atoms with Crippen LogP contribution in [0.3, 0.4) is 0 Å². The number of rotatable bonds is 10. The van der Waals surface area contributed by atoms with Crippen LogP contribution in [0.4, 0.5) is 34.1 Å². The van der Waals surface area contributed by atoms with Crippen molar-refractivity contribution in [3.63, 3.8) is 0 Å². The molecule has 0 saturated carbocycles. The Labute approximate surface area is 502 Å². The molecule has 2 heteroatoms. The van der Waals surface area contributed by atoms with Gasteiger partial charge in [-0.05, 0) is 213 Å². The Morgan fingerprint density at radius 1 is 0.271 bits per heavy atom. The smallest absolute Gasteiger partial charge is 0.0465 e. The molecule has 11 aromatic carbocycles. The van der Waals surface area contributed by atoms with Crippen LogP contribution in [0.5, 0.6) is 0 Å². The molecule has 4 aliphatic carbocycles. The van der Waals surface area contributed by atoms with E-state index in [0.717, 1.165) is 35.6 Å². The van der Waals surface area contributed by atoms with E-state index in [1.165, 1.54) is 134 Å². The fraction of sp³-hybridized carbons (Fsp3) is 0.157. The molecular weight excluding hydrogens is 1020 g/mol. The summed E-state index contributed by atoms with van der Waals surface area (Å²) in [6.45, 7) is 18.2. The third-order valence-corrected chi connectivity index (χ3v) is 19.5. The van der Waals surface area contributed by atoms with Crippen molar-refractivity contribution in [3.05, 3.63) is 320 Å². The molecule has 0 atom stereocenters. The predicted octanol–water partition coefficient (Wildman–Crippen LogP) is 21.9. The standard InChI is InChI=1S/C83H70N2/c1-53-13-29-63(30-14-53)84(64-31-15-54(2)16-32-64)67-37-43-71-69-39-25-57(45-75(69)81(5,6)77(71)49-67)21-23-59-27-41-73-74-42-28-60(48-80(74)83(79(73)47-59)51-61-11-9-10-12-62(61)52-83)24-22-58-26-40-70-72-44-38-68(50-78(72)82(7,8)76(70)46-58)85(65-33-17-55(3)18-34-65)66-35-19-56(4)20-36-66/h9-50H,51-52H2,1-8H3/b23-21+,24-22+. The van der Waals surface area contributed by atoms with E-state index in [1.807, 2.05) is 0 Å². The quantitative estimate of drug-likeness (QED) is 0.126. The Bertz CT molecular complexity index is 4160. The van der Waals surface area contributed by atoms with Crippen molar-refractivity contribution in [2.75, 3.05) is 9.80 Å². The first-order valence-corrected chi connectivity index (χ1v) is 30.4. The second-order valence-electron chi connectivity index (χ2n) is 25.8. The Hall–Kier alpha value is -9.50. The Kier molecular flexibility index (Phi) is 12.2. The predicted molar refractivity (Wildman–Crippen MR) is 361 cm³/mol. The summed E-state index contributed by atoms with van der Waals surface area (Å²) in [6.07, 6.45) is 11.3. The van der Waals surface area contributed by atoms with Gasteiger partial charge in [-0.1, -0.05) is 232 Å². The van der Waals surface area contributed by atoms with Crippen molar-refractivity contribution in [2.45, 2.75) is 84.5 Å². The normalized spacial score (nSPS) is 14.9. The molecule has 11 aromatic rings. The molecule has 0 radical (unpaired) electrons. The van der Waals surface area contributed by atoms with Crippen LogP contribution in [0, 0.1) is 27.7 Å². The summed E-state index contributed by atoms with van der Waals surface area (Å²) in [5.74, 6) is 0. The van der Waals surface area contributed by atoms with Gasteiger partial charge in [-0.15, -0.1) is 0 Å². The second-order valence-corrected chi connectivity index (χ2v) is 25.8. The van der Waals surface area contributed by atoms with Gasteiger partial charge < -0.3 is 9.80 Å². The van der Waals surface area contributed by atoms with E-state index in [2.05, 4.69) is 320 Å². The van der Waals surface area contributed by atoms with Crippen LogP contribution in [-0.4, -0.2) is 0 Å². The summed E-state index contributed by atoms with van der Waals surface area (Å²) in [7, 11) is 0. The highest BCUT2D eigenvalue weighted by atomic mass is 15.1. The van der Waals surface area contributed by atoms with Crippen molar-refractivity contribution in [1.82, 2.24) is 0 Å². The van der Waals surface area contributed by atoms with Gasteiger partial charge in [0.05, 0.1) is 0 Å². The van der Waals surface area contributed by atoms with E-state index in [9.17, 15) is 0 Å². The lowest BCUT2D eigenvalue weighted by molar-refractivity contribution is 0.563. The van der Waals surface area contributed by atoms with Gasteiger partial charge in [0, 0.05) is 50.4 Å². The van der Waals surface area contributed by atoms with Gasteiger partial charge in [-0.25, -0.2) is 0 Å². The minimum absolute atomic E-state index is 0.143. The molecule has 15 rings (SSSR count). The van der Waals surface area contributed by atoms with E-state index in [1.54, 1.807) is 0 Å². The number of aryl methyl sites for hydroxylation is 4. The number of anilines is 6. The minimum Gasteiger partial charge on any atom is -0.310 e. The lowest BCUT2D eigenvalue weighted by Crippen LogP contribution is -2.26. The zero-order chi connectivity index (χ0) is 57.9. The van der Waals surface area contributed by atoms with Gasteiger partial charge in [0.2, 0.25) is 0 Å². The van der Waals surface area contributed by atoms with Crippen LogP contribution < -0.4 is 9.80 Å². The molecule has 0 bridgehead atoms. The molecule has 1 spiro atoms. The molecule has 4 aliphatic rings. The van der Waals surface area contributed by atoms with E-state index < -0.39 is 0 Å². The van der Waals surface area contributed by atoms with Crippen molar-refractivity contribution < 1.29 is 0 Å². The van der Waals surface area contributed by atoms with E-state index in [0.29, 0.717) is 0 Å². The Morgan fingerprint density at radius 2 is 0.518 bits per heavy atom. The van der Waals surface area contributed by atoms with E-state index >= 15 is 0 Å². The first-order chi connectivity index (χ1) is 41.2. The fourth-order valence-corrected chi connectivity index (χ4v) is 14.8. The molecule has 0 aliphatic heterocycles. The summed E-state index contributed by atoms with van der Waals surface area (Å²) in [5, 5.41) is 0. The average molecular weight is 1100 g/mol. The number of fused-ring (bicyclic) bond motifs is 12. The maximum Gasteiger partial charge on any atom is 0.0465 e. The van der Waals surface area contributed by atoms with Gasteiger partial charge in [0.25, 0.3) is 0 Å². The molecule has 0 aromatic heterocycles. The van der Waals surface area contributed by atoms with Crippen LogP contribution in [-0.2, 0) is 29.1 Å². The maximum atomic E-state index is 2.51. The Morgan fingerprint density at radius 3 is 0.824 bits per heavy atom.